The topological polar surface area (TPSA) is 0 Å². The predicted molar refractivity (Wildman–Crippen MR) is 70.7 cm³/mol. The van der Waals surface area contributed by atoms with Gasteiger partial charge in [0.05, 0.1) is 0 Å². The number of benzene rings is 2. The van der Waals surface area contributed by atoms with E-state index in [2.05, 4.69) is 65.6 Å². The molecule has 0 aliphatic heterocycles. The molecule has 0 saturated heterocycles. The van der Waals surface area contributed by atoms with Crippen LogP contribution >= 0.6 is 0 Å². The van der Waals surface area contributed by atoms with Crippen molar-refractivity contribution >= 4 is 24.1 Å². The van der Waals surface area contributed by atoms with Crippen LogP contribution in [0.4, 0.5) is 0 Å². The molecule has 1 aromatic heterocycles. The quantitative estimate of drug-likeness (QED) is 0.589. The Labute approximate surface area is 101 Å². The summed E-state index contributed by atoms with van der Waals surface area (Å²) in [5, 5.41) is 1.38. The van der Waals surface area contributed by atoms with Crippen molar-refractivity contribution in [2.75, 3.05) is 0 Å². The van der Waals surface area contributed by atoms with Gasteiger partial charge in [-0.05, 0) is 0 Å². The summed E-state index contributed by atoms with van der Waals surface area (Å²) in [5.74, 6) is 0. The van der Waals surface area contributed by atoms with Crippen LogP contribution in [-0.2, 0) is 0 Å². The number of rotatable bonds is 1. The molecule has 76 valence electrons. The van der Waals surface area contributed by atoms with Crippen LogP contribution in [0.5, 0.6) is 0 Å². The van der Waals surface area contributed by atoms with E-state index in [1.807, 2.05) is 0 Å². The van der Waals surface area contributed by atoms with Crippen molar-refractivity contribution in [2.24, 2.45) is 0 Å². The average Bonchev–Trinajstić information content (AvgIpc) is 2.39. The first-order chi connectivity index (χ1) is 7.93. The molecule has 0 nitrogen and oxygen atoms in total. The Balaban J connectivity index is 2.19. The summed E-state index contributed by atoms with van der Waals surface area (Å²) in [6, 6.07) is 21.7. The molecule has 0 aliphatic rings. The molecule has 0 spiro atoms. The van der Waals surface area contributed by atoms with Crippen LogP contribution in [0.1, 0.15) is 0 Å². The standard InChI is InChI=1S/C15H11Se/c1-2-5-12(6-3-1)13-8-9-15-14(11-13)7-4-10-16-15/h1-11H/q+1. The first-order valence-corrected chi connectivity index (χ1v) is 7.14. The summed E-state index contributed by atoms with van der Waals surface area (Å²) in [7, 11) is 0. The van der Waals surface area contributed by atoms with Crippen LogP contribution < -0.4 is 0 Å². The minimum absolute atomic E-state index is 0.513. The van der Waals surface area contributed by atoms with Gasteiger partial charge in [-0.15, -0.1) is 0 Å². The molecule has 0 aliphatic carbocycles. The molecule has 0 fully saturated rings. The Bertz CT molecular complexity index is 614. The van der Waals surface area contributed by atoms with Crippen molar-refractivity contribution in [1.29, 1.82) is 0 Å². The predicted octanol–water partition coefficient (Wildman–Crippen LogP) is 3.84. The summed E-state index contributed by atoms with van der Waals surface area (Å²) in [6.07, 6.45) is 0. The van der Waals surface area contributed by atoms with Crippen LogP contribution in [-0.4, -0.2) is 14.5 Å². The van der Waals surface area contributed by atoms with Crippen molar-refractivity contribution in [3.63, 3.8) is 0 Å². The van der Waals surface area contributed by atoms with Gasteiger partial charge >= 0.3 is 101 Å². The second kappa shape index (κ2) is 4.21. The van der Waals surface area contributed by atoms with E-state index in [9.17, 15) is 0 Å². The minimum atomic E-state index is 0.513. The molecule has 0 radical (unpaired) electrons. The molecule has 0 bridgehead atoms. The summed E-state index contributed by atoms with van der Waals surface area (Å²) in [6.45, 7) is 0. The summed E-state index contributed by atoms with van der Waals surface area (Å²) >= 11 is 0.513. The van der Waals surface area contributed by atoms with Crippen LogP contribution in [0.2, 0.25) is 0 Å². The van der Waals surface area contributed by atoms with Crippen molar-refractivity contribution in [3.8, 4) is 11.1 Å². The monoisotopic (exact) mass is 271 g/mol. The molecule has 1 heterocycles. The molecule has 0 unspecified atom stereocenters. The molecule has 2 aromatic carbocycles. The second-order valence-electron chi connectivity index (χ2n) is 3.73. The van der Waals surface area contributed by atoms with E-state index >= 15 is 0 Å². The van der Waals surface area contributed by atoms with E-state index in [1.165, 1.54) is 20.8 Å². The van der Waals surface area contributed by atoms with E-state index in [1.54, 1.807) is 0 Å². The maximum absolute atomic E-state index is 2.29. The summed E-state index contributed by atoms with van der Waals surface area (Å²) in [4.78, 5) is 2.26. The van der Waals surface area contributed by atoms with E-state index in [4.69, 9.17) is 0 Å². The van der Waals surface area contributed by atoms with E-state index in [0.717, 1.165) is 0 Å². The van der Waals surface area contributed by atoms with Gasteiger partial charge in [-0.2, -0.15) is 0 Å². The summed E-state index contributed by atoms with van der Waals surface area (Å²) in [5.41, 5.74) is 2.60. The zero-order valence-corrected chi connectivity index (χ0v) is 10.5. The first kappa shape index (κ1) is 9.77. The third-order valence-corrected chi connectivity index (χ3v) is 4.59. The zero-order chi connectivity index (χ0) is 10.8. The molecule has 0 N–H and O–H groups in total. The van der Waals surface area contributed by atoms with Crippen LogP contribution in [0.15, 0.2) is 65.6 Å². The Morgan fingerprint density at radius 2 is 1.56 bits per heavy atom. The van der Waals surface area contributed by atoms with E-state index in [0.29, 0.717) is 14.5 Å². The van der Waals surface area contributed by atoms with Gasteiger partial charge in [0, 0.05) is 0 Å². The third kappa shape index (κ3) is 1.80. The van der Waals surface area contributed by atoms with Crippen LogP contribution in [0.25, 0.3) is 20.8 Å². The van der Waals surface area contributed by atoms with Gasteiger partial charge in [0.1, 0.15) is 0 Å². The molecule has 3 rings (SSSR count). The van der Waals surface area contributed by atoms with Crippen LogP contribution in [0.3, 0.4) is 0 Å². The molecular weight excluding hydrogens is 259 g/mol. The molecule has 1 heteroatoms. The fourth-order valence-corrected chi connectivity index (χ4v) is 3.35. The molecule has 16 heavy (non-hydrogen) atoms. The van der Waals surface area contributed by atoms with Crippen molar-refractivity contribution in [1.82, 2.24) is 0 Å². The van der Waals surface area contributed by atoms with Gasteiger partial charge < -0.3 is 0 Å². The summed E-state index contributed by atoms with van der Waals surface area (Å²) < 4.78 is 1.48. The number of hydrogen-bond donors (Lipinski definition) is 0. The van der Waals surface area contributed by atoms with Crippen molar-refractivity contribution in [3.05, 3.63) is 65.6 Å². The Morgan fingerprint density at radius 1 is 0.688 bits per heavy atom. The molecule has 3 aromatic rings. The Hall–Kier alpha value is -1.43. The van der Waals surface area contributed by atoms with Crippen LogP contribution in [0, 0.1) is 0 Å². The fourth-order valence-electron chi connectivity index (χ4n) is 1.85. The fraction of sp³-hybridized carbons (Fsp3) is 0. The SMILES string of the molecule is c1ccc(-c2ccc3[se+]cccc3c2)cc1. The van der Waals surface area contributed by atoms with Gasteiger partial charge in [0.15, 0.2) is 0 Å². The zero-order valence-electron chi connectivity index (χ0n) is 8.76. The van der Waals surface area contributed by atoms with Gasteiger partial charge in [-0.3, -0.25) is 0 Å². The molecular formula is C15H11Se+. The third-order valence-electron chi connectivity index (χ3n) is 2.67. The number of hydrogen-bond acceptors (Lipinski definition) is 0. The van der Waals surface area contributed by atoms with Gasteiger partial charge in [-0.1, -0.05) is 0 Å². The van der Waals surface area contributed by atoms with Crippen molar-refractivity contribution in [2.45, 2.75) is 0 Å². The van der Waals surface area contributed by atoms with Gasteiger partial charge in [0.2, 0.25) is 0 Å². The average molecular weight is 270 g/mol. The Morgan fingerprint density at radius 3 is 2.44 bits per heavy atom. The Kier molecular flexibility index (Phi) is 2.57. The van der Waals surface area contributed by atoms with Gasteiger partial charge in [0.25, 0.3) is 0 Å². The van der Waals surface area contributed by atoms with E-state index in [-0.39, 0.29) is 0 Å². The van der Waals surface area contributed by atoms with Crippen molar-refractivity contribution < 1.29 is 0 Å². The normalized spacial score (nSPS) is 10.5. The molecule has 0 amide bonds. The maximum atomic E-state index is 2.29. The first-order valence-electron chi connectivity index (χ1n) is 5.29. The number of fused-ring (bicyclic) bond motifs is 1. The molecule has 0 saturated carbocycles. The molecule has 0 atom stereocenters. The van der Waals surface area contributed by atoms with E-state index < -0.39 is 0 Å². The van der Waals surface area contributed by atoms with Gasteiger partial charge in [-0.25, -0.2) is 0 Å². The second-order valence-corrected chi connectivity index (χ2v) is 5.72.